The maximum atomic E-state index is 5.60. The molecule has 4 aromatic rings. The minimum absolute atomic E-state index is 0.324. The van der Waals surface area contributed by atoms with Crippen LogP contribution in [0.3, 0.4) is 0 Å². The van der Waals surface area contributed by atoms with Gasteiger partial charge in [-0.2, -0.15) is 0 Å². The number of unbranched alkanes of at least 4 members (excludes halogenated alkanes) is 1. The number of aromatic nitrogens is 2. The van der Waals surface area contributed by atoms with E-state index < -0.39 is 0 Å². The van der Waals surface area contributed by atoms with Crippen molar-refractivity contribution < 1.29 is 14.2 Å². The molecule has 33 heavy (non-hydrogen) atoms. The van der Waals surface area contributed by atoms with Gasteiger partial charge in [0.25, 0.3) is 0 Å². The van der Waals surface area contributed by atoms with Gasteiger partial charge in [-0.15, -0.1) is 0 Å². The molecule has 6 heteroatoms. The van der Waals surface area contributed by atoms with Gasteiger partial charge in [-0.25, -0.2) is 0 Å². The van der Waals surface area contributed by atoms with Gasteiger partial charge in [0, 0.05) is 40.3 Å². The summed E-state index contributed by atoms with van der Waals surface area (Å²) >= 11 is 0. The molecule has 2 aromatic heterocycles. The van der Waals surface area contributed by atoms with Crippen LogP contribution in [0.4, 0.5) is 0 Å². The van der Waals surface area contributed by atoms with Gasteiger partial charge >= 0.3 is 0 Å². The number of benzene rings is 2. The van der Waals surface area contributed by atoms with Crippen molar-refractivity contribution in [1.29, 1.82) is 0 Å². The van der Waals surface area contributed by atoms with Crippen LogP contribution in [-0.4, -0.2) is 48.4 Å². The van der Waals surface area contributed by atoms with Crippen molar-refractivity contribution in [1.82, 2.24) is 14.9 Å². The fraction of sp³-hybridized carbons (Fsp3) is 0.407. The van der Waals surface area contributed by atoms with Crippen LogP contribution < -0.4 is 14.2 Å². The van der Waals surface area contributed by atoms with Gasteiger partial charge in [-0.1, -0.05) is 0 Å². The molecule has 0 radical (unpaired) electrons. The van der Waals surface area contributed by atoms with Crippen LogP contribution in [0.15, 0.2) is 42.7 Å². The SMILES string of the molecule is COc1ccc2[nH]cc(CCCCN3CCC(c4c[nH]c5cc6c(cc45)OCO6)CC3)c2c1. The number of piperidine rings is 1. The predicted molar refractivity (Wildman–Crippen MR) is 131 cm³/mol. The van der Waals surface area contributed by atoms with Crippen LogP contribution >= 0.6 is 0 Å². The summed E-state index contributed by atoms with van der Waals surface area (Å²) in [5.74, 6) is 3.25. The quantitative estimate of drug-likeness (QED) is 0.364. The maximum absolute atomic E-state index is 5.60. The van der Waals surface area contributed by atoms with Crippen LogP contribution in [-0.2, 0) is 6.42 Å². The highest BCUT2D eigenvalue weighted by Gasteiger charge is 2.24. The highest BCUT2D eigenvalue weighted by molar-refractivity contribution is 5.87. The molecule has 0 bridgehead atoms. The Balaban J connectivity index is 1.01. The Bertz CT molecular complexity index is 1270. The van der Waals surface area contributed by atoms with E-state index in [1.54, 1.807) is 7.11 Å². The number of aryl methyl sites for hydroxylation is 1. The van der Waals surface area contributed by atoms with E-state index in [-0.39, 0.29) is 0 Å². The molecule has 2 N–H and O–H groups in total. The first-order chi connectivity index (χ1) is 16.3. The molecule has 6 nitrogen and oxygen atoms in total. The number of ether oxygens (including phenoxy) is 3. The zero-order chi connectivity index (χ0) is 22.2. The second kappa shape index (κ2) is 8.67. The van der Waals surface area contributed by atoms with Gasteiger partial charge < -0.3 is 29.1 Å². The molecule has 0 unspecified atom stereocenters. The third-order valence-electron chi connectivity index (χ3n) is 7.38. The van der Waals surface area contributed by atoms with Crippen molar-refractivity contribution in [2.75, 3.05) is 33.5 Å². The Kier molecular flexibility index (Phi) is 5.38. The summed E-state index contributed by atoms with van der Waals surface area (Å²) < 4.78 is 16.5. The Hall–Kier alpha value is -3.12. The predicted octanol–water partition coefficient (Wildman–Crippen LogP) is 5.59. The van der Waals surface area contributed by atoms with Crippen molar-refractivity contribution in [3.8, 4) is 17.2 Å². The largest absolute Gasteiger partial charge is 0.497 e. The van der Waals surface area contributed by atoms with Gasteiger partial charge in [0.15, 0.2) is 11.5 Å². The molecule has 2 aliphatic heterocycles. The van der Waals surface area contributed by atoms with Crippen LogP contribution in [0.1, 0.15) is 42.7 Å². The Morgan fingerprint density at radius 1 is 0.939 bits per heavy atom. The zero-order valence-corrected chi connectivity index (χ0v) is 19.2. The summed E-state index contributed by atoms with van der Waals surface area (Å²) in [4.78, 5) is 9.47. The minimum Gasteiger partial charge on any atom is -0.497 e. The number of hydrogen-bond acceptors (Lipinski definition) is 4. The summed E-state index contributed by atoms with van der Waals surface area (Å²) in [6.45, 7) is 3.85. The number of aromatic amines is 2. The fourth-order valence-corrected chi connectivity index (χ4v) is 5.48. The van der Waals surface area contributed by atoms with Gasteiger partial charge in [-0.3, -0.25) is 0 Å². The average molecular weight is 446 g/mol. The summed E-state index contributed by atoms with van der Waals surface area (Å²) in [5.41, 5.74) is 5.15. The second-order valence-electron chi connectivity index (χ2n) is 9.29. The molecule has 4 heterocycles. The summed E-state index contributed by atoms with van der Waals surface area (Å²) in [5, 5.41) is 2.57. The molecule has 6 rings (SSSR count). The second-order valence-corrected chi connectivity index (χ2v) is 9.29. The van der Waals surface area contributed by atoms with E-state index >= 15 is 0 Å². The third kappa shape index (κ3) is 3.93. The normalized spacial score (nSPS) is 16.8. The van der Waals surface area contributed by atoms with Crippen molar-refractivity contribution >= 4 is 21.8 Å². The number of hydrogen-bond donors (Lipinski definition) is 2. The number of fused-ring (bicyclic) bond motifs is 3. The number of H-pyrrole nitrogens is 2. The van der Waals surface area contributed by atoms with Crippen molar-refractivity contribution in [2.24, 2.45) is 0 Å². The molecule has 0 atom stereocenters. The van der Waals surface area contributed by atoms with Crippen LogP contribution in [0, 0.1) is 0 Å². The smallest absolute Gasteiger partial charge is 0.231 e. The van der Waals surface area contributed by atoms with Gasteiger partial charge in [0.1, 0.15) is 5.75 Å². The van der Waals surface area contributed by atoms with E-state index in [1.807, 2.05) is 6.07 Å². The number of nitrogens with zero attached hydrogens (tertiary/aromatic N) is 1. The van der Waals surface area contributed by atoms with Crippen LogP contribution in [0.5, 0.6) is 17.2 Å². The van der Waals surface area contributed by atoms with Crippen molar-refractivity contribution in [3.63, 3.8) is 0 Å². The molecule has 1 fully saturated rings. The highest BCUT2D eigenvalue weighted by Crippen LogP contribution is 2.40. The first-order valence-electron chi connectivity index (χ1n) is 12.1. The van der Waals surface area contributed by atoms with E-state index in [2.05, 4.69) is 51.5 Å². The van der Waals surface area contributed by atoms with Crippen molar-refractivity contribution in [3.05, 3.63) is 53.9 Å². The summed E-state index contributed by atoms with van der Waals surface area (Å²) in [6, 6.07) is 10.5. The molecule has 2 aliphatic rings. The lowest BCUT2D eigenvalue weighted by Crippen LogP contribution is -2.33. The van der Waals surface area contributed by atoms with E-state index in [1.165, 1.54) is 72.7 Å². The molecular formula is C27H31N3O3. The molecule has 0 amide bonds. The summed E-state index contributed by atoms with van der Waals surface area (Å²) in [7, 11) is 1.73. The third-order valence-corrected chi connectivity index (χ3v) is 7.38. The Labute approximate surface area is 193 Å². The number of methoxy groups -OCH3 is 1. The molecular weight excluding hydrogens is 414 g/mol. The van der Waals surface area contributed by atoms with E-state index in [0.29, 0.717) is 12.7 Å². The van der Waals surface area contributed by atoms with Crippen molar-refractivity contribution in [2.45, 2.75) is 38.0 Å². The first-order valence-corrected chi connectivity index (χ1v) is 12.1. The van der Waals surface area contributed by atoms with E-state index in [0.717, 1.165) is 29.2 Å². The molecule has 0 aliphatic carbocycles. The lowest BCUT2D eigenvalue weighted by molar-refractivity contribution is 0.174. The van der Waals surface area contributed by atoms with Crippen LogP contribution in [0.25, 0.3) is 21.8 Å². The molecule has 0 spiro atoms. The van der Waals surface area contributed by atoms with Gasteiger partial charge in [0.05, 0.1) is 7.11 Å². The topological polar surface area (TPSA) is 62.5 Å². The van der Waals surface area contributed by atoms with Gasteiger partial charge in [0.2, 0.25) is 6.79 Å². The van der Waals surface area contributed by atoms with E-state index in [4.69, 9.17) is 14.2 Å². The Morgan fingerprint density at radius 3 is 2.61 bits per heavy atom. The highest BCUT2D eigenvalue weighted by atomic mass is 16.7. The fourth-order valence-electron chi connectivity index (χ4n) is 5.48. The maximum Gasteiger partial charge on any atom is 0.231 e. The van der Waals surface area contributed by atoms with Crippen LogP contribution in [0.2, 0.25) is 0 Å². The molecule has 2 aromatic carbocycles. The van der Waals surface area contributed by atoms with Gasteiger partial charge in [-0.05, 0) is 93.0 Å². The summed E-state index contributed by atoms with van der Waals surface area (Å²) in [6.07, 6.45) is 10.3. The molecule has 172 valence electrons. The number of nitrogens with one attached hydrogen (secondary N) is 2. The monoisotopic (exact) mass is 445 g/mol. The Morgan fingerprint density at radius 2 is 1.76 bits per heavy atom. The lowest BCUT2D eigenvalue weighted by Gasteiger charge is -2.32. The standard InChI is InChI=1S/C27H31N3O3/c1-31-20-5-6-24-21(12-20)19(15-28-24)4-2-3-9-30-10-7-18(8-11-30)23-16-29-25-14-27-26(13-22(23)25)32-17-33-27/h5-6,12-16,18,28-29H,2-4,7-11,17H2,1H3. The minimum atomic E-state index is 0.324. The zero-order valence-electron chi connectivity index (χ0n) is 19.2. The lowest BCUT2D eigenvalue weighted by atomic mass is 9.89. The van der Waals surface area contributed by atoms with E-state index in [9.17, 15) is 0 Å². The number of likely N-dealkylation sites (tertiary alicyclic amines) is 1. The number of rotatable bonds is 7. The average Bonchev–Trinajstić information content (AvgIpc) is 3.58. The first kappa shape index (κ1) is 20.5. The molecule has 1 saturated heterocycles. The molecule has 0 saturated carbocycles.